The van der Waals surface area contributed by atoms with E-state index in [0.29, 0.717) is 23.4 Å². The minimum Gasteiger partial charge on any atom is -0.508 e. The third-order valence-corrected chi connectivity index (χ3v) is 3.59. The highest BCUT2D eigenvalue weighted by molar-refractivity contribution is 5.96. The highest BCUT2D eigenvalue weighted by Crippen LogP contribution is 2.21. The molecule has 0 aliphatic carbocycles. The SMILES string of the molecule is Cc1cc(C)c(C(=O)N(C)Cc2ccccc2O)cc1N. The number of anilines is 1. The number of phenols is 1. The van der Waals surface area contributed by atoms with Crippen molar-refractivity contribution in [3.05, 3.63) is 58.7 Å². The highest BCUT2D eigenvalue weighted by Gasteiger charge is 2.16. The molecule has 21 heavy (non-hydrogen) atoms. The molecule has 0 aliphatic heterocycles. The van der Waals surface area contributed by atoms with E-state index < -0.39 is 0 Å². The second kappa shape index (κ2) is 5.87. The summed E-state index contributed by atoms with van der Waals surface area (Å²) in [6.45, 7) is 4.16. The molecule has 0 fully saturated rings. The van der Waals surface area contributed by atoms with Gasteiger partial charge in [-0.3, -0.25) is 4.79 Å². The van der Waals surface area contributed by atoms with E-state index in [2.05, 4.69) is 0 Å². The number of aromatic hydroxyl groups is 1. The molecular weight excluding hydrogens is 264 g/mol. The lowest BCUT2D eigenvalue weighted by Crippen LogP contribution is -2.27. The van der Waals surface area contributed by atoms with Crippen LogP contribution in [0.3, 0.4) is 0 Å². The number of para-hydroxylation sites is 1. The summed E-state index contributed by atoms with van der Waals surface area (Å²) < 4.78 is 0. The van der Waals surface area contributed by atoms with E-state index in [1.165, 1.54) is 0 Å². The van der Waals surface area contributed by atoms with Crippen LogP contribution in [0, 0.1) is 13.8 Å². The Bertz CT molecular complexity index is 680. The third-order valence-electron chi connectivity index (χ3n) is 3.59. The van der Waals surface area contributed by atoms with Gasteiger partial charge in [-0.2, -0.15) is 0 Å². The van der Waals surface area contributed by atoms with Crippen LogP contribution in [-0.4, -0.2) is 23.0 Å². The summed E-state index contributed by atoms with van der Waals surface area (Å²) in [5.74, 6) is 0.0831. The number of rotatable bonds is 3. The van der Waals surface area contributed by atoms with Gasteiger partial charge in [-0.15, -0.1) is 0 Å². The molecule has 0 unspecified atom stereocenters. The number of carbonyl (C=O) groups excluding carboxylic acids is 1. The fourth-order valence-corrected chi connectivity index (χ4v) is 2.28. The molecule has 0 aromatic heterocycles. The molecule has 0 saturated heterocycles. The number of benzene rings is 2. The number of amides is 1. The van der Waals surface area contributed by atoms with Crippen molar-refractivity contribution in [2.45, 2.75) is 20.4 Å². The third kappa shape index (κ3) is 3.16. The van der Waals surface area contributed by atoms with Gasteiger partial charge in [0.25, 0.3) is 5.91 Å². The van der Waals surface area contributed by atoms with E-state index in [-0.39, 0.29) is 11.7 Å². The average Bonchev–Trinajstić information content (AvgIpc) is 2.44. The van der Waals surface area contributed by atoms with Gasteiger partial charge in [0.15, 0.2) is 0 Å². The predicted octanol–water partition coefficient (Wildman–Crippen LogP) is 2.86. The van der Waals surface area contributed by atoms with Crippen molar-refractivity contribution in [2.24, 2.45) is 0 Å². The van der Waals surface area contributed by atoms with Crippen molar-refractivity contribution in [2.75, 3.05) is 12.8 Å². The van der Waals surface area contributed by atoms with Crippen molar-refractivity contribution in [3.63, 3.8) is 0 Å². The highest BCUT2D eigenvalue weighted by atomic mass is 16.3. The molecule has 0 bridgehead atoms. The monoisotopic (exact) mass is 284 g/mol. The fourth-order valence-electron chi connectivity index (χ4n) is 2.28. The second-order valence-corrected chi connectivity index (χ2v) is 5.31. The standard InChI is InChI=1S/C17H20N2O2/c1-11-8-12(2)15(18)9-14(11)17(21)19(3)10-13-6-4-5-7-16(13)20/h4-9,20H,10,18H2,1-3H3. The fraction of sp³-hybridized carbons (Fsp3) is 0.235. The number of carbonyl (C=O) groups is 1. The number of nitrogens with two attached hydrogens (primary N) is 1. The van der Waals surface area contributed by atoms with Gasteiger partial charge < -0.3 is 15.7 Å². The molecule has 2 rings (SSSR count). The summed E-state index contributed by atoms with van der Waals surface area (Å²) in [4.78, 5) is 14.1. The minimum absolute atomic E-state index is 0.109. The first-order valence-corrected chi connectivity index (χ1v) is 6.79. The molecule has 2 aromatic rings. The summed E-state index contributed by atoms with van der Waals surface area (Å²) >= 11 is 0. The van der Waals surface area contributed by atoms with Gasteiger partial charge in [-0.1, -0.05) is 24.3 Å². The van der Waals surface area contributed by atoms with E-state index in [4.69, 9.17) is 5.73 Å². The lowest BCUT2D eigenvalue weighted by atomic mass is 10.0. The molecule has 0 heterocycles. The van der Waals surface area contributed by atoms with Gasteiger partial charge in [0.2, 0.25) is 0 Å². The zero-order valence-corrected chi connectivity index (χ0v) is 12.6. The number of hydrogen-bond donors (Lipinski definition) is 2. The van der Waals surface area contributed by atoms with E-state index >= 15 is 0 Å². The van der Waals surface area contributed by atoms with Crippen LogP contribution in [-0.2, 0) is 6.54 Å². The summed E-state index contributed by atoms with van der Waals surface area (Å²) in [5, 5.41) is 9.79. The van der Waals surface area contributed by atoms with Gasteiger partial charge in [0.05, 0.1) is 0 Å². The largest absolute Gasteiger partial charge is 0.508 e. The minimum atomic E-state index is -0.109. The van der Waals surface area contributed by atoms with Crippen molar-refractivity contribution in [3.8, 4) is 5.75 Å². The normalized spacial score (nSPS) is 10.4. The van der Waals surface area contributed by atoms with Gasteiger partial charge in [-0.25, -0.2) is 0 Å². The Kier molecular flexibility index (Phi) is 4.17. The Labute approximate surface area is 124 Å². The zero-order chi connectivity index (χ0) is 15.6. The predicted molar refractivity (Wildman–Crippen MR) is 84.2 cm³/mol. The first-order valence-electron chi connectivity index (χ1n) is 6.79. The molecule has 110 valence electrons. The van der Waals surface area contributed by atoms with Crippen molar-refractivity contribution < 1.29 is 9.90 Å². The Hall–Kier alpha value is -2.49. The number of nitrogens with zero attached hydrogens (tertiary/aromatic N) is 1. The average molecular weight is 284 g/mol. The van der Waals surface area contributed by atoms with Crippen LogP contribution in [0.25, 0.3) is 0 Å². The molecule has 0 radical (unpaired) electrons. The molecule has 0 spiro atoms. The van der Waals surface area contributed by atoms with E-state index in [9.17, 15) is 9.90 Å². The number of hydrogen-bond acceptors (Lipinski definition) is 3. The van der Waals surface area contributed by atoms with Crippen LogP contribution >= 0.6 is 0 Å². The first kappa shape index (κ1) is 14.9. The first-order chi connectivity index (χ1) is 9.90. The molecule has 0 atom stereocenters. The van der Waals surface area contributed by atoms with Crippen LogP contribution in [0.4, 0.5) is 5.69 Å². The van der Waals surface area contributed by atoms with Crippen LogP contribution < -0.4 is 5.73 Å². The molecule has 0 aliphatic rings. The van der Waals surface area contributed by atoms with Gasteiger partial charge >= 0.3 is 0 Å². The molecule has 4 heteroatoms. The lowest BCUT2D eigenvalue weighted by Gasteiger charge is -2.19. The van der Waals surface area contributed by atoms with Crippen LogP contribution in [0.1, 0.15) is 27.0 Å². The number of aryl methyl sites for hydroxylation is 2. The van der Waals surface area contributed by atoms with Crippen molar-refractivity contribution in [1.82, 2.24) is 4.90 Å². The Morgan fingerprint density at radius 2 is 1.86 bits per heavy atom. The van der Waals surface area contributed by atoms with E-state index in [1.54, 1.807) is 36.2 Å². The van der Waals surface area contributed by atoms with Gasteiger partial charge in [-0.05, 0) is 37.1 Å². The lowest BCUT2D eigenvalue weighted by molar-refractivity contribution is 0.0783. The summed E-state index contributed by atoms with van der Waals surface area (Å²) in [6, 6.07) is 10.6. The zero-order valence-electron chi connectivity index (χ0n) is 12.6. The maximum Gasteiger partial charge on any atom is 0.254 e. The Morgan fingerprint density at radius 3 is 2.52 bits per heavy atom. The van der Waals surface area contributed by atoms with Gasteiger partial charge in [0.1, 0.15) is 5.75 Å². The maximum absolute atomic E-state index is 12.5. The molecular formula is C17H20N2O2. The van der Waals surface area contributed by atoms with Crippen LogP contribution in [0.2, 0.25) is 0 Å². The van der Waals surface area contributed by atoms with E-state index in [1.807, 2.05) is 26.0 Å². The topological polar surface area (TPSA) is 66.6 Å². The van der Waals surface area contributed by atoms with Crippen molar-refractivity contribution in [1.29, 1.82) is 0 Å². The molecule has 2 aromatic carbocycles. The summed E-state index contributed by atoms with van der Waals surface area (Å²) in [7, 11) is 1.71. The molecule has 3 N–H and O–H groups in total. The smallest absolute Gasteiger partial charge is 0.254 e. The molecule has 1 amide bonds. The maximum atomic E-state index is 12.5. The summed E-state index contributed by atoms with van der Waals surface area (Å²) in [5.41, 5.74) is 9.68. The number of phenolic OH excluding ortho intramolecular Hbond substituents is 1. The number of nitrogen functional groups attached to an aromatic ring is 1. The Balaban J connectivity index is 2.24. The summed E-state index contributed by atoms with van der Waals surface area (Å²) in [6.07, 6.45) is 0. The Morgan fingerprint density at radius 1 is 1.19 bits per heavy atom. The van der Waals surface area contributed by atoms with Crippen molar-refractivity contribution >= 4 is 11.6 Å². The van der Waals surface area contributed by atoms with E-state index in [0.717, 1.165) is 11.1 Å². The second-order valence-electron chi connectivity index (χ2n) is 5.31. The van der Waals surface area contributed by atoms with Gasteiger partial charge in [0, 0.05) is 30.4 Å². The quantitative estimate of drug-likeness (QED) is 0.852. The molecule has 4 nitrogen and oxygen atoms in total. The van der Waals surface area contributed by atoms with Crippen LogP contribution in [0.15, 0.2) is 36.4 Å². The molecule has 0 saturated carbocycles. The van der Waals surface area contributed by atoms with Crippen LogP contribution in [0.5, 0.6) is 5.75 Å².